The van der Waals surface area contributed by atoms with Crippen LogP contribution in [0.25, 0.3) is 22.3 Å². The van der Waals surface area contributed by atoms with Gasteiger partial charge in [0.1, 0.15) is 5.69 Å². The van der Waals surface area contributed by atoms with Crippen molar-refractivity contribution in [3.05, 3.63) is 71.2 Å². The molecular formula is C23H18F3N5O3. The maximum Gasteiger partial charge on any atom is 0.416 e. The first kappa shape index (κ1) is 22.9. The van der Waals surface area contributed by atoms with Crippen molar-refractivity contribution in [1.29, 1.82) is 0 Å². The zero-order valence-corrected chi connectivity index (χ0v) is 18.3. The molecule has 1 N–H and O–H groups in total. The number of nitrogens with zero attached hydrogens (tertiary/aromatic N) is 5. The average Bonchev–Trinajstić information content (AvgIpc) is 3.18. The van der Waals surface area contributed by atoms with Crippen LogP contribution in [0.3, 0.4) is 0 Å². The van der Waals surface area contributed by atoms with Crippen LogP contribution in [-0.4, -0.2) is 43.8 Å². The first-order chi connectivity index (χ1) is 16.0. The highest BCUT2D eigenvalue weighted by Crippen LogP contribution is 2.32. The van der Waals surface area contributed by atoms with Gasteiger partial charge in [-0.05, 0) is 48.9 Å². The Morgan fingerprint density at radius 3 is 2.44 bits per heavy atom. The molecule has 0 radical (unpaired) electrons. The number of halogens is 3. The smallest absolute Gasteiger partial charge is 0.416 e. The molecule has 4 rings (SSSR count). The second-order valence-corrected chi connectivity index (χ2v) is 7.67. The molecule has 0 aliphatic rings. The fourth-order valence-electron chi connectivity index (χ4n) is 3.57. The summed E-state index contributed by atoms with van der Waals surface area (Å²) in [5.74, 6) is -1.35. The third-order valence-electron chi connectivity index (χ3n) is 5.35. The summed E-state index contributed by atoms with van der Waals surface area (Å²) in [6.07, 6.45) is -3.11. The van der Waals surface area contributed by atoms with Gasteiger partial charge in [-0.25, -0.2) is 14.8 Å². The summed E-state index contributed by atoms with van der Waals surface area (Å²) >= 11 is 0. The molecule has 34 heavy (non-hydrogen) atoms. The number of carboxylic acid groups (broad SMARTS) is 1. The maximum atomic E-state index is 12.9. The average molecular weight is 469 g/mol. The van der Waals surface area contributed by atoms with E-state index in [1.165, 1.54) is 35.0 Å². The number of hydrogen-bond donors (Lipinski definition) is 1. The lowest BCUT2D eigenvalue weighted by Gasteiger charge is -2.20. The van der Waals surface area contributed by atoms with Crippen molar-refractivity contribution in [2.75, 3.05) is 11.9 Å². The fourth-order valence-corrected chi connectivity index (χ4v) is 3.57. The van der Waals surface area contributed by atoms with Crippen LogP contribution in [0.1, 0.15) is 32.1 Å². The first-order valence-corrected chi connectivity index (χ1v) is 9.96. The largest absolute Gasteiger partial charge is 0.476 e. The van der Waals surface area contributed by atoms with Gasteiger partial charge in [-0.15, -0.1) is 0 Å². The normalized spacial score (nSPS) is 11.6. The molecule has 11 heteroatoms. The van der Waals surface area contributed by atoms with E-state index in [4.69, 9.17) is 5.11 Å². The van der Waals surface area contributed by atoms with Crippen LogP contribution in [0.15, 0.2) is 48.7 Å². The lowest BCUT2D eigenvalue weighted by atomic mass is 10.1. The number of amides is 1. The summed E-state index contributed by atoms with van der Waals surface area (Å²) in [4.78, 5) is 34.0. The van der Waals surface area contributed by atoms with Crippen molar-refractivity contribution >= 4 is 28.5 Å². The first-order valence-electron chi connectivity index (χ1n) is 9.96. The molecule has 0 aliphatic carbocycles. The minimum atomic E-state index is -4.45. The Morgan fingerprint density at radius 1 is 1.09 bits per heavy atom. The number of hydrogen-bond acceptors (Lipinski definition) is 5. The van der Waals surface area contributed by atoms with Gasteiger partial charge < -0.3 is 10.0 Å². The van der Waals surface area contributed by atoms with E-state index >= 15 is 0 Å². The van der Waals surface area contributed by atoms with Gasteiger partial charge in [0.25, 0.3) is 5.91 Å². The number of aromatic carboxylic acids is 1. The van der Waals surface area contributed by atoms with Gasteiger partial charge in [-0.1, -0.05) is 0 Å². The summed E-state index contributed by atoms with van der Waals surface area (Å²) in [6.45, 7) is 1.78. The molecule has 8 nitrogen and oxygen atoms in total. The number of aryl methyl sites for hydroxylation is 2. The summed E-state index contributed by atoms with van der Waals surface area (Å²) in [7, 11) is 3.04. The van der Waals surface area contributed by atoms with Crippen LogP contribution in [0.5, 0.6) is 0 Å². The summed E-state index contributed by atoms with van der Waals surface area (Å²) in [5, 5.41) is 13.2. The molecule has 0 saturated carbocycles. The molecule has 0 fully saturated rings. The number of alkyl halides is 3. The second kappa shape index (κ2) is 8.25. The number of aromatic nitrogens is 4. The molecule has 2 aromatic carbocycles. The van der Waals surface area contributed by atoms with E-state index < -0.39 is 23.6 Å². The quantitative estimate of drug-likeness (QED) is 0.477. The highest BCUT2D eigenvalue weighted by Gasteiger charge is 2.30. The van der Waals surface area contributed by atoms with E-state index in [0.717, 1.165) is 12.1 Å². The Balaban J connectivity index is 1.63. The standard InChI is InChI=1S/C23H18F3N5O3/c1-12-8-13(20-27-11-14-9-15(23(24,25)26)5-6-16(14)28-20)4-7-18(12)30(2)21(32)19-10-17(22(33)34)29-31(19)3/h4-11H,1-3H3,(H,33,34). The molecular weight excluding hydrogens is 451 g/mol. The molecule has 0 bridgehead atoms. The Bertz CT molecular complexity index is 1450. The summed E-state index contributed by atoms with van der Waals surface area (Å²) in [5.41, 5.74) is 1.39. The lowest BCUT2D eigenvalue weighted by Crippen LogP contribution is -2.28. The molecule has 0 atom stereocenters. The van der Waals surface area contributed by atoms with Crippen LogP contribution in [-0.2, 0) is 13.2 Å². The van der Waals surface area contributed by atoms with Gasteiger partial charge in [0, 0.05) is 43.0 Å². The van der Waals surface area contributed by atoms with Crippen molar-refractivity contribution in [2.45, 2.75) is 13.1 Å². The lowest BCUT2D eigenvalue weighted by molar-refractivity contribution is -0.137. The molecule has 1 amide bonds. The predicted molar refractivity (Wildman–Crippen MR) is 118 cm³/mol. The second-order valence-electron chi connectivity index (χ2n) is 7.67. The van der Waals surface area contributed by atoms with Crippen molar-refractivity contribution in [1.82, 2.24) is 19.7 Å². The van der Waals surface area contributed by atoms with Gasteiger partial charge in [0.15, 0.2) is 11.5 Å². The molecule has 4 aromatic rings. The SMILES string of the molecule is Cc1cc(-c2ncc3cc(C(F)(F)F)ccc3n2)ccc1N(C)C(=O)c1cc(C(=O)O)nn1C. The topological polar surface area (TPSA) is 101 Å². The van der Waals surface area contributed by atoms with Gasteiger partial charge in [-0.3, -0.25) is 9.48 Å². The molecule has 2 aromatic heterocycles. The predicted octanol–water partition coefficient (Wildman–Crippen LogP) is 4.33. The van der Waals surface area contributed by atoms with Crippen LogP contribution in [0, 0.1) is 6.92 Å². The number of benzene rings is 2. The van der Waals surface area contributed by atoms with Crippen molar-refractivity contribution in [3.63, 3.8) is 0 Å². The highest BCUT2D eigenvalue weighted by molar-refractivity contribution is 6.06. The van der Waals surface area contributed by atoms with Crippen LogP contribution in [0.2, 0.25) is 0 Å². The molecule has 0 aliphatic heterocycles. The van der Waals surface area contributed by atoms with Crippen molar-refractivity contribution in [3.8, 4) is 11.4 Å². The van der Waals surface area contributed by atoms with E-state index in [1.54, 1.807) is 32.2 Å². The molecule has 174 valence electrons. The zero-order valence-electron chi connectivity index (χ0n) is 18.3. The number of fused-ring (bicyclic) bond motifs is 1. The Hall–Kier alpha value is -4.28. The van der Waals surface area contributed by atoms with E-state index in [9.17, 15) is 22.8 Å². The van der Waals surface area contributed by atoms with Crippen LogP contribution in [0.4, 0.5) is 18.9 Å². The number of anilines is 1. The number of carbonyl (C=O) groups excluding carboxylic acids is 1. The third kappa shape index (κ3) is 4.19. The minimum absolute atomic E-state index is 0.111. The summed E-state index contributed by atoms with van der Waals surface area (Å²) < 4.78 is 40.0. The van der Waals surface area contributed by atoms with Gasteiger partial charge in [0.2, 0.25) is 0 Å². The molecule has 0 saturated heterocycles. The van der Waals surface area contributed by atoms with Crippen molar-refractivity contribution in [2.24, 2.45) is 7.05 Å². The van der Waals surface area contributed by atoms with E-state index in [-0.39, 0.29) is 16.8 Å². The Labute approximate surface area is 191 Å². The van der Waals surface area contributed by atoms with Crippen molar-refractivity contribution < 1.29 is 27.9 Å². The van der Waals surface area contributed by atoms with Gasteiger partial charge in [-0.2, -0.15) is 18.3 Å². The monoisotopic (exact) mass is 469 g/mol. The van der Waals surface area contributed by atoms with Crippen LogP contribution < -0.4 is 4.90 Å². The van der Waals surface area contributed by atoms with E-state index in [1.807, 2.05) is 0 Å². The molecule has 0 spiro atoms. The zero-order chi connectivity index (χ0) is 24.8. The third-order valence-corrected chi connectivity index (χ3v) is 5.35. The van der Waals surface area contributed by atoms with E-state index in [0.29, 0.717) is 28.2 Å². The van der Waals surface area contributed by atoms with Gasteiger partial charge in [0.05, 0.1) is 11.1 Å². The minimum Gasteiger partial charge on any atom is -0.476 e. The maximum absolute atomic E-state index is 12.9. The molecule has 2 heterocycles. The highest BCUT2D eigenvalue weighted by atomic mass is 19.4. The fraction of sp³-hybridized carbons (Fsp3) is 0.174. The number of rotatable bonds is 4. The molecule has 0 unspecified atom stereocenters. The van der Waals surface area contributed by atoms with Crippen LogP contribution >= 0.6 is 0 Å². The Morgan fingerprint density at radius 2 is 1.82 bits per heavy atom. The summed E-state index contributed by atoms with van der Waals surface area (Å²) in [6, 6.07) is 9.63. The van der Waals surface area contributed by atoms with E-state index in [2.05, 4.69) is 15.1 Å². The Kier molecular flexibility index (Phi) is 5.56. The number of carbonyl (C=O) groups is 2. The van der Waals surface area contributed by atoms with Gasteiger partial charge >= 0.3 is 12.1 Å². The number of carboxylic acids is 1.